The van der Waals surface area contributed by atoms with Crippen LogP contribution in [-0.4, -0.2) is 10.9 Å². The molecule has 11 heavy (non-hydrogen) atoms. The number of carbonyl (C=O) groups excluding carboxylic acids is 1. The molecule has 0 aromatic carbocycles. The van der Waals surface area contributed by atoms with Gasteiger partial charge in [0.25, 0.3) is 0 Å². The lowest BCUT2D eigenvalue weighted by atomic mass is 10.3. The highest BCUT2D eigenvalue weighted by atomic mass is 16.1. The summed E-state index contributed by atoms with van der Waals surface area (Å²) < 4.78 is 0. The van der Waals surface area contributed by atoms with E-state index < -0.39 is 0 Å². The van der Waals surface area contributed by atoms with Gasteiger partial charge in [-0.25, -0.2) is 4.98 Å². The minimum absolute atomic E-state index is 0.216. The van der Waals surface area contributed by atoms with Crippen molar-refractivity contribution in [2.24, 2.45) is 0 Å². The van der Waals surface area contributed by atoms with Gasteiger partial charge in [-0.2, -0.15) is 5.32 Å². The number of hydrogen-bond acceptors (Lipinski definition) is 2. The first-order valence-electron chi connectivity index (χ1n) is 3.34. The number of carbonyl (C=O) groups is 1. The Hall–Kier alpha value is -1.38. The molecule has 1 aromatic heterocycles. The van der Waals surface area contributed by atoms with Crippen LogP contribution in [0.5, 0.6) is 0 Å². The van der Waals surface area contributed by atoms with Crippen LogP contribution < -0.4 is 5.32 Å². The Balaban J connectivity index is 2.86. The van der Waals surface area contributed by atoms with Crippen LogP contribution in [0.2, 0.25) is 0 Å². The van der Waals surface area contributed by atoms with E-state index in [1.807, 2.05) is 19.1 Å². The second-order valence-corrected chi connectivity index (χ2v) is 2.27. The molecule has 0 spiro atoms. The average molecular weight is 149 g/mol. The van der Waals surface area contributed by atoms with Gasteiger partial charge in [0.2, 0.25) is 5.91 Å². The fourth-order valence-corrected chi connectivity index (χ4v) is 0.744. The Kier molecular flexibility index (Phi) is 2.21. The Bertz CT molecular complexity index is 271. The molecule has 3 heteroatoms. The predicted octanol–water partition coefficient (Wildman–Crippen LogP) is 1.17. The number of pyridine rings is 1. The van der Waals surface area contributed by atoms with Crippen molar-refractivity contribution < 1.29 is 4.79 Å². The SMILES string of the molecule is CC(=O)[N]c1ncccc1C. The van der Waals surface area contributed by atoms with Crippen LogP contribution in [-0.2, 0) is 4.79 Å². The topological polar surface area (TPSA) is 44.1 Å². The highest BCUT2D eigenvalue weighted by Crippen LogP contribution is 2.08. The molecule has 1 amide bonds. The Morgan fingerprint density at radius 2 is 2.36 bits per heavy atom. The summed E-state index contributed by atoms with van der Waals surface area (Å²) in [5, 5.41) is 3.71. The van der Waals surface area contributed by atoms with Crippen LogP contribution in [0.25, 0.3) is 0 Å². The van der Waals surface area contributed by atoms with Crippen molar-refractivity contribution in [2.45, 2.75) is 13.8 Å². The zero-order valence-electron chi connectivity index (χ0n) is 6.53. The van der Waals surface area contributed by atoms with E-state index in [-0.39, 0.29) is 5.91 Å². The van der Waals surface area contributed by atoms with Gasteiger partial charge in [0.1, 0.15) is 0 Å². The molecule has 0 aliphatic carbocycles. The van der Waals surface area contributed by atoms with E-state index in [0.29, 0.717) is 5.82 Å². The Labute approximate surface area is 65.5 Å². The third-order valence-corrected chi connectivity index (χ3v) is 1.25. The second-order valence-electron chi connectivity index (χ2n) is 2.27. The molecule has 1 rings (SSSR count). The maximum atomic E-state index is 10.6. The monoisotopic (exact) mass is 149 g/mol. The number of aromatic nitrogens is 1. The molecule has 1 radical (unpaired) electrons. The summed E-state index contributed by atoms with van der Waals surface area (Å²) >= 11 is 0. The quantitative estimate of drug-likeness (QED) is 0.601. The summed E-state index contributed by atoms with van der Waals surface area (Å²) in [5.41, 5.74) is 0.919. The first kappa shape index (κ1) is 7.72. The number of rotatable bonds is 1. The second kappa shape index (κ2) is 3.14. The van der Waals surface area contributed by atoms with Crippen LogP contribution in [0.4, 0.5) is 5.82 Å². The third kappa shape index (κ3) is 2.04. The molecule has 0 bridgehead atoms. The van der Waals surface area contributed by atoms with Crippen molar-refractivity contribution in [2.75, 3.05) is 0 Å². The highest BCUT2D eigenvalue weighted by Gasteiger charge is 2.00. The molecular formula is C8H9N2O. The lowest BCUT2D eigenvalue weighted by Gasteiger charge is -1.99. The Morgan fingerprint density at radius 1 is 1.64 bits per heavy atom. The molecule has 0 aliphatic rings. The largest absolute Gasteiger partial charge is 0.273 e. The average Bonchev–Trinajstić information content (AvgIpc) is 1.93. The van der Waals surface area contributed by atoms with Gasteiger partial charge in [-0.15, -0.1) is 0 Å². The van der Waals surface area contributed by atoms with Crippen molar-refractivity contribution in [3.63, 3.8) is 0 Å². The Morgan fingerprint density at radius 3 is 2.91 bits per heavy atom. The molecule has 1 aromatic rings. The van der Waals surface area contributed by atoms with Crippen LogP contribution in [0.1, 0.15) is 12.5 Å². The summed E-state index contributed by atoms with van der Waals surface area (Å²) in [6.07, 6.45) is 1.62. The van der Waals surface area contributed by atoms with Crippen molar-refractivity contribution in [1.82, 2.24) is 10.3 Å². The number of nitrogens with zero attached hydrogens (tertiary/aromatic N) is 2. The fourth-order valence-electron chi connectivity index (χ4n) is 0.744. The molecule has 0 saturated carbocycles. The summed E-state index contributed by atoms with van der Waals surface area (Å²) in [6.45, 7) is 3.28. The van der Waals surface area contributed by atoms with E-state index >= 15 is 0 Å². The fraction of sp³-hybridized carbons (Fsp3) is 0.250. The van der Waals surface area contributed by atoms with E-state index in [4.69, 9.17) is 0 Å². The predicted molar refractivity (Wildman–Crippen MR) is 41.4 cm³/mol. The van der Waals surface area contributed by atoms with E-state index in [0.717, 1.165) is 5.56 Å². The normalized spacial score (nSPS) is 9.27. The van der Waals surface area contributed by atoms with Crippen molar-refractivity contribution >= 4 is 11.7 Å². The molecular weight excluding hydrogens is 140 g/mol. The minimum Gasteiger partial charge on any atom is -0.273 e. The van der Waals surface area contributed by atoms with Crippen molar-refractivity contribution in [1.29, 1.82) is 0 Å². The summed E-state index contributed by atoms with van der Waals surface area (Å²) in [7, 11) is 0. The first-order chi connectivity index (χ1) is 5.20. The van der Waals surface area contributed by atoms with E-state index in [1.54, 1.807) is 6.20 Å². The third-order valence-electron chi connectivity index (χ3n) is 1.25. The van der Waals surface area contributed by atoms with E-state index in [9.17, 15) is 4.79 Å². The van der Waals surface area contributed by atoms with E-state index in [2.05, 4.69) is 10.3 Å². The highest BCUT2D eigenvalue weighted by molar-refractivity contribution is 5.77. The lowest BCUT2D eigenvalue weighted by molar-refractivity contribution is -0.118. The van der Waals surface area contributed by atoms with E-state index in [1.165, 1.54) is 6.92 Å². The van der Waals surface area contributed by atoms with Gasteiger partial charge in [0.05, 0.1) is 0 Å². The van der Waals surface area contributed by atoms with Gasteiger partial charge >= 0.3 is 0 Å². The lowest BCUT2D eigenvalue weighted by Crippen LogP contribution is -2.07. The van der Waals surface area contributed by atoms with Crippen molar-refractivity contribution in [3.05, 3.63) is 23.9 Å². The van der Waals surface area contributed by atoms with Gasteiger partial charge in [0, 0.05) is 13.1 Å². The standard InChI is InChI=1S/C8H9N2O/c1-6-4-3-5-9-8(6)10-7(2)11/h3-5H,1-2H3. The van der Waals surface area contributed by atoms with Crippen LogP contribution >= 0.6 is 0 Å². The molecule has 3 nitrogen and oxygen atoms in total. The number of aryl methyl sites for hydroxylation is 1. The van der Waals surface area contributed by atoms with Gasteiger partial charge in [-0.3, -0.25) is 4.79 Å². The van der Waals surface area contributed by atoms with Crippen LogP contribution in [0.3, 0.4) is 0 Å². The van der Waals surface area contributed by atoms with Gasteiger partial charge in [-0.1, -0.05) is 6.07 Å². The van der Waals surface area contributed by atoms with Crippen LogP contribution in [0.15, 0.2) is 18.3 Å². The zero-order chi connectivity index (χ0) is 8.27. The first-order valence-corrected chi connectivity index (χ1v) is 3.34. The summed E-state index contributed by atoms with van der Waals surface area (Å²) in [5.74, 6) is 0.298. The van der Waals surface area contributed by atoms with Gasteiger partial charge < -0.3 is 0 Å². The molecule has 0 fully saturated rings. The zero-order valence-corrected chi connectivity index (χ0v) is 6.53. The molecule has 0 N–H and O–H groups in total. The minimum atomic E-state index is -0.216. The molecule has 0 aliphatic heterocycles. The van der Waals surface area contributed by atoms with Crippen molar-refractivity contribution in [3.8, 4) is 0 Å². The summed E-state index contributed by atoms with van der Waals surface area (Å²) in [4.78, 5) is 14.5. The summed E-state index contributed by atoms with van der Waals surface area (Å²) in [6, 6.07) is 3.68. The number of amides is 1. The number of hydrogen-bond donors (Lipinski definition) is 0. The molecule has 0 atom stereocenters. The molecule has 0 saturated heterocycles. The molecule has 1 heterocycles. The smallest absolute Gasteiger partial charge is 0.244 e. The molecule has 57 valence electrons. The maximum absolute atomic E-state index is 10.6. The maximum Gasteiger partial charge on any atom is 0.244 e. The van der Waals surface area contributed by atoms with Gasteiger partial charge in [0.15, 0.2) is 5.82 Å². The molecule has 0 unspecified atom stereocenters. The van der Waals surface area contributed by atoms with Gasteiger partial charge in [-0.05, 0) is 18.6 Å². The van der Waals surface area contributed by atoms with Crippen LogP contribution in [0, 0.1) is 6.92 Å².